The first-order chi connectivity index (χ1) is 13.8. The summed E-state index contributed by atoms with van der Waals surface area (Å²) in [7, 11) is -3.63. The highest BCUT2D eigenvalue weighted by atomic mass is 79.9. The molecule has 0 aliphatic carbocycles. The average Bonchev–Trinajstić information content (AvgIpc) is 2.71. The Balaban J connectivity index is 1.71. The minimum Gasteiger partial charge on any atom is -0.324 e. The molecule has 1 N–H and O–H groups in total. The average molecular weight is 483 g/mol. The Kier molecular flexibility index (Phi) is 6.89. The molecule has 8 nitrogen and oxygen atoms in total. The molecule has 10 heteroatoms. The van der Waals surface area contributed by atoms with E-state index in [0.717, 1.165) is 6.54 Å². The number of likely N-dealkylation sites (N-methyl/N-ethyl adjacent to an activating group) is 1. The molecule has 1 aromatic carbocycles. The van der Waals surface area contributed by atoms with E-state index in [1.165, 1.54) is 33.3 Å². The van der Waals surface area contributed by atoms with Crippen molar-refractivity contribution in [3.8, 4) is 0 Å². The van der Waals surface area contributed by atoms with E-state index in [4.69, 9.17) is 0 Å². The lowest BCUT2D eigenvalue weighted by Crippen LogP contribution is -2.48. The number of pyridine rings is 1. The predicted molar refractivity (Wildman–Crippen MR) is 114 cm³/mol. The third-order valence-electron chi connectivity index (χ3n) is 4.80. The van der Waals surface area contributed by atoms with Crippen LogP contribution in [0.25, 0.3) is 0 Å². The Labute approximate surface area is 178 Å². The van der Waals surface area contributed by atoms with E-state index in [2.05, 4.69) is 33.1 Å². The van der Waals surface area contributed by atoms with Crippen molar-refractivity contribution in [3.05, 3.63) is 57.4 Å². The van der Waals surface area contributed by atoms with Crippen LogP contribution in [0.1, 0.15) is 6.92 Å². The van der Waals surface area contributed by atoms with Crippen LogP contribution in [0, 0.1) is 0 Å². The van der Waals surface area contributed by atoms with Crippen LogP contribution in [0.15, 0.2) is 56.8 Å². The number of rotatable bonds is 6. The highest BCUT2D eigenvalue weighted by Crippen LogP contribution is 2.21. The van der Waals surface area contributed by atoms with E-state index >= 15 is 0 Å². The van der Waals surface area contributed by atoms with E-state index in [-0.39, 0.29) is 17.0 Å². The first-order valence-electron chi connectivity index (χ1n) is 9.28. The molecule has 3 rings (SSSR count). The van der Waals surface area contributed by atoms with Crippen molar-refractivity contribution in [3.63, 3.8) is 0 Å². The molecule has 1 aliphatic heterocycles. The summed E-state index contributed by atoms with van der Waals surface area (Å²) >= 11 is 3.26. The topological polar surface area (TPSA) is 91.7 Å². The van der Waals surface area contributed by atoms with E-state index in [1.54, 1.807) is 18.2 Å². The Bertz CT molecular complexity index is 1050. The Morgan fingerprint density at radius 3 is 2.55 bits per heavy atom. The number of nitrogens with one attached hydrogen (secondary N) is 1. The van der Waals surface area contributed by atoms with Crippen molar-refractivity contribution < 1.29 is 13.2 Å². The van der Waals surface area contributed by atoms with Gasteiger partial charge in [-0.3, -0.25) is 9.59 Å². The fraction of sp³-hybridized carbons (Fsp3) is 0.368. The Morgan fingerprint density at radius 2 is 1.86 bits per heavy atom. The number of hydrogen-bond donors (Lipinski definition) is 1. The molecule has 2 aromatic rings. The molecule has 0 radical (unpaired) electrons. The minimum absolute atomic E-state index is 0.139. The lowest BCUT2D eigenvalue weighted by Gasteiger charge is -2.33. The van der Waals surface area contributed by atoms with Gasteiger partial charge in [0.1, 0.15) is 6.54 Å². The molecule has 1 saturated heterocycles. The largest absolute Gasteiger partial charge is 0.324 e. The molecule has 2 heterocycles. The van der Waals surface area contributed by atoms with Crippen molar-refractivity contribution in [2.45, 2.75) is 18.4 Å². The molecule has 0 bridgehead atoms. The number of halogens is 1. The zero-order valence-electron chi connectivity index (χ0n) is 16.0. The Morgan fingerprint density at radius 1 is 1.14 bits per heavy atom. The molecule has 0 spiro atoms. The maximum atomic E-state index is 12.9. The highest BCUT2D eigenvalue weighted by molar-refractivity contribution is 9.10. The molecular formula is C19H23BrN4O4S. The fourth-order valence-electron chi connectivity index (χ4n) is 3.15. The van der Waals surface area contributed by atoms with Gasteiger partial charge in [0.2, 0.25) is 15.9 Å². The van der Waals surface area contributed by atoms with Gasteiger partial charge in [-0.1, -0.05) is 13.0 Å². The van der Waals surface area contributed by atoms with Crippen molar-refractivity contribution in [2.24, 2.45) is 0 Å². The summed E-state index contributed by atoms with van der Waals surface area (Å²) < 4.78 is 29.3. The van der Waals surface area contributed by atoms with Crippen LogP contribution in [0.2, 0.25) is 0 Å². The van der Waals surface area contributed by atoms with Gasteiger partial charge < -0.3 is 14.8 Å². The lowest BCUT2D eigenvalue weighted by atomic mass is 10.3. The van der Waals surface area contributed by atoms with Gasteiger partial charge in [0.25, 0.3) is 5.56 Å². The van der Waals surface area contributed by atoms with Crippen LogP contribution in [0.3, 0.4) is 0 Å². The number of aromatic nitrogens is 1. The number of benzene rings is 1. The van der Waals surface area contributed by atoms with Crippen molar-refractivity contribution in [1.29, 1.82) is 0 Å². The highest BCUT2D eigenvalue weighted by Gasteiger charge is 2.28. The molecule has 0 saturated carbocycles. The van der Waals surface area contributed by atoms with Gasteiger partial charge in [-0.15, -0.1) is 0 Å². The van der Waals surface area contributed by atoms with Crippen LogP contribution in [-0.2, 0) is 21.4 Å². The summed E-state index contributed by atoms with van der Waals surface area (Å²) in [6.45, 7) is 5.07. The zero-order valence-corrected chi connectivity index (χ0v) is 18.4. The van der Waals surface area contributed by atoms with Gasteiger partial charge in [-0.25, -0.2) is 8.42 Å². The van der Waals surface area contributed by atoms with Crippen molar-refractivity contribution >= 4 is 37.5 Å². The SMILES string of the molecule is CCN1CCN(S(=O)(=O)c2cccc(NC(=O)Cn3cc(Br)ccc3=O)c2)CC1. The van der Waals surface area contributed by atoms with Gasteiger partial charge >= 0.3 is 0 Å². The lowest BCUT2D eigenvalue weighted by molar-refractivity contribution is -0.116. The number of hydrogen-bond acceptors (Lipinski definition) is 5. The van der Waals surface area contributed by atoms with Crippen molar-refractivity contribution in [1.82, 2.24) is 13.8 Å². The molecule has 0 atom stereocenters. The van der Waals surface area contributed by atoms with Crippen LogP contribution >= 0.6 is 15.9 Å². The number of anilines is 1. The van der Waals surface area contributed by atoms with E-state index < -0.39 is 15.9 Å². The van der Waals surface area contributed by atoms with Gasteiger partial charge in [-0.2, -0.15) is 4.31 Å². The number of amides is 1. The molecule has 156 valence electrons. The molecule has 0 unspecified atom stereocenters. The van der Waals surface area contributed by atoms with Crippen molar-refractivity contribution in [2.75, 3.05) is 38.0 Å². The summed E-state index contributed by atoms with van der Waals surface area (Å²) in [6, 6.07) is 9.15. The number of sulfonamides is 1. The molecule has 1 fully saturated rings. The quantitative estimate of drug-likeness (QED) is 0.674. The first-order valence-corrected chi connectivity index (χ1v) is 11.5. The third kappa shape index (κ3) is 5.33. The summed E-state index contributed by atoms with van der Waals surface area (Å²) in [5.41, 5.74) is 0.0669. The molecule has 1 amide bonds. The standard InChI is InChI=1S/C19H23BrN4O4S/c1-2-22-8-10-24(11-9-22)29(27,28)17-5-3-4-16(12-17)21-18(25)14-23-13-15(20)6-7-19(23)26/h3-7,12-13H,2,8-11,14H2,1H3,(H,21,25). The summed E-state index contributed by atoms with van der Waals surface area (Å²) in [6.07, 6.45) is 1.53. The van der Waals surface area contributed by atoms with Gasteiger partial charge in [0.15, 0.2) is 0 Å². The van der Waals surface area contributed by atoms with Crippen LogP contribution in [-0.4, -0.2) is 60.8 Å². The van der Waals surface area contributed by atoms with Crippen LogP contribution in [0.4, 0.5) is 5.69 Å². The second-order valence-corrected chi connectivity index (χ2v) is 9.58. The monoisotopic (exact) mass is 482 g/mol. The molecular weight excluding hydrogens is 460 g/mol. The Hall–Kier alpha value is -2.01. The maximum absolute atomic E-state index is 12.9. The first kappa shape index (κ1) is 21.7. The third-order valence-corrected chi connectivity index (χ3v) is 7.16. The van der Waals surface area contributed by atoms with Gasteiger partial charge in [0, 0.05) is 48.6 Å². The summed E-state index contributed by atoms with van der Waals surface area (Å²) in [4.78, 5) is 26.5. The normalized spacial score (nSPS) is 15.9. The van der Waals surface area contributed by atoms with Crippen LogP contribution in [0.5, 0.6) is 0 Å². The number of nitrogens with zero attached hydrogens (tertiary/aromatic N) is 3. The van der Waals surface area contributed by atoms with E-state index in [9.17, 15) is 18.0 Å². The van der Waals surface area contributed by atoms with Gasteiger partial charge in [-0.05, 0) is 46.7 Å². The molecule has 1 aliphatic rings. The fourth-order valence-corrected chi connectivity index (χ4v) is 5.00. The number of piperazine rings is 1. The smallest absolute Gasteiger partial charge is 0.251 e. The number of carbonyl (C=O) groups is 1. The van der Waals surface area contributed by atoms with E-state index in [1.807, 2.05) is 0 Å². The molecule has 29 heavy (non-hydrogen) atoms. The minimum atomic E-state index is -3.63. The second-order valence-electron chi connectivity index (χ2n) is 6.73. The maximum Gasteiger partial charge on any atom is 0.251 e. The van der Waals surface area contributed by atoms with Crippen LogP contribution < -0.4 is 10.9 Å². The number of carbonyl (C=O) groups excluding carboxylic acids is 1. The zero-order chi connectivity index (χ0) is 21.0. The second kappa shape index (κ2) is 9.21. The van der Waals surface area contributed by atoms with E-state index in [0.29, 0.717) is 36.3 Å². The molecule has 1 aromatic heterocycles. The predicted octanol–water partition coefficient (Wildman–Crippen LogP) is 1.58. The summed E-state index contributed by atoms with van der Waals surface area (Å²) in [5, 5.41) is 2.66. The summed E-state index contributed by atoms with van der Waals surface area (Å²) in [5.74, 6) is -0.420. The van der Waals surface area contributed by atoms with Gasteiger partial charge in [0.05, 0.1) is 4.90 Å².